The van der Waals surface area contributed by atoms with E-state index >= 15 is 0 Å². The molecular formula is C10H15N3. The van der Waals surface area contributed by atoms with Crippen LogP contribution in [0.3, 0.4) is 0 Å². The summed E-state index contributed by atoms with van der Waals surface area (Å²) in [7, 11) is 1.99. The number of pyridine rings is 1. The molecule has 0 aromatic carbocycles. The Bertz CT molecular complexity index is 288. The van der Waals surface area contributed by atoms with Crippen LogP contribution in [0.5, 0.6) is 0 Å². The molecule has 0 aliphatic heterocycles. The highest BCUT2D eigenvalue weighted by molar-refractivity contribution is 5.25. The van der Waals surface area contributed by atoms with E-state index in [1.807, 2.05) is 13.2 Å². The standard InChI is InChI=1S/C10H15N3/c1-12-10(4-5-10)9-3-2-8(6-11)7-13-9/h2-3,7,12H,4-6,11H2,1H3. The first-order valence-electron chi connectivity index (χ1n) is 4.65. The SMILES string of the molecule is CNC1(c2ccc(CN)cn2)CC1. The molecular weight excluding hydrogens is 162 g/mol. The molecule has 0 bridgehead atoms. The van der Waals surface area contributed by atoms with E-state index in [1.54, 1.807) is 0 Å². The summed E-state index contributed by atoms with van der Waals surface area (Å²) in [6, 6.07) is 4.13. The van der Waals surface area contributed by atoms with Crippen LogP contribution in [0.4, 0.5) is 0 Å². The molecule has 1 fully saturated rings. The zero-order chi connectivity index (χ0) is 9.31. The highest BCUT2D eigenvalue weighted by Crippen LogP contribution is 2.43. The maximum absolute atomic E-state index is 5.50. The van der Waals surface area contributed by atoms with E-state index in [0.29, 0.717) is 6.54 Å². The summed E-state index contributed by atoms with van der Waals surface area (Å²) >= 11 is 0. The Balaban J connectivity index is 2.23. The molecule has 1 aliphatic carbocycles. The molecule has 0 amide bonds. The van der Waals surface area contributed by atoms with Gasteiger partial charge >= 0.3 is 0 Å². The highest BCUT2D eigenvalue weighted by atomic mass is 15.0. The Morgan fingerprint density at radius 3 is 2.69 bits per heavy atom. The summed E-state index contributed by atoms with van der Waals surface area (Å²) in [4.78, 5) is 4.41. The fraction of sp³-hybridized carbons (Fsp3) is 0.500. The monoisotopic (exact) mass is 177 g/mol. The Morgan fingerprint density at radius 1 is 1.54 bits per heavy atom. The van der Waals surface area contributed by atoms with Gasteiger partial charge in [0.15, 0.2) is 0 Å². The summed E-state index contributed by atoms with van der Waals surface area (Å²) in [5.41, 5.74) is 7.91. The number of nitrogens with zero attached hydrogens (tertiary/aromatic N) is 1. The Morgan fingerprint density at radius 2 is 2.31 bits per heavy atom. The third kappa shape index (κ3) is 1.45. The molecule has 3 N–H and O–H groups in total. The summed E-state index contributed by atoms with van der Waals surface area (Å²) in [6.45, 7) is 0.569. The molecule has 2 rings (SSSR count). The lowest BCUT2D eigenvalue weighted by atomic mass is 10.1. The Labute approximate surface area is 78.4 Å². The molecule has 0 saturated heterocycles. The number of hydrogen-bond acceptors (Lipinski definition) is 3. The molecule has 0 unspecified atom stereocenters. The number of nitrogens with two attached hydrogens (primary N) is 1. The average molecular weight is 177 g/mol. The van der Waals surface area contributed by atoms with Crippen molar-refractivity contribution < 1.29 is 0 Å². The molecule has 3 heteroatoms. The van der Waals surface area contributed by atoms with Gasteiger partial charge in [-0.05, 0) is 31.5 Å². The first-order valence-corrected chi connectivity index (χ1v) is 4.65. The van der Waals surface area contributed by atoms with Crippen molar-refractivity contribution in [2.75, 3.05) is 7.05 Å². The maximum Gasteiger partial charge on any atom is 0.0607 e. The van der Waals surface area contributed by atoms with E-state index in [0.717, 1.165) is 11.3 Å². The van der Waals surface area contributed by atoms with Crippen LogP contribution in [0, 0.1) is 0 Å². The minimum Gasteiger partial charge on any atom is -0.326 e. The third-order valence-electron chi connectivity index (χ3n) is 2.78. The third-order valence-corrected chi connectivity index (χ3v) is 2.78. The number of nitrogens with one attached hydrogen (secondary N) is 1. The largest absolute Gasteiger partial charge is 0.326 e. The van der Waals surface area contributed by atoms with Crippen molar-refractivity contribution in [3.63, 3.8) is 0 Å². The molecule has 1 aliphatic rings. The fourth-order valence-corrected chi connectivity index (χ4v) is 1.59. The minimum absolute atomic E-state index is 0.174. The number of aromatic nitrogens is 1. The molecule has 0 radical (unpaired) electrons. The van der Waals surface area contributed by atoms with E-state index in [4.69, 9.17) is 5.73 Å². The van der Waals surface area contributed by atoms with Gasteiger partial charge in [0, 0.05) is 12.7 Å². The highest BCUT2D eigenvalue weighted by Gasteiger charge is 2.43. The van der Waals surface area contributed by atoms with Gasteiger partial charge < -0.3 is 11.1 Å². The lowest BCUT2D eigenvalue weighted by Crippen LogP contribution is -2.25. The zero-order valence-electron chi connectivity index (χ0n) is 7.88. The van der Waals surface area contributed by atoms with Gasteiger partial charge in [-0.25, -0.2) is 0 Å². The van der Waals surface area contributed by atoms with Crippen LogP contribution in [0.2, 0.25) is 0 Å². The van der Waals surface area contributed by atoms with Gasteiger partial charge in [-0.15, -0.1) is 0 Å². The van der Waals surface area contributed by atoms with Crippen LogP contribution in [0.1, 0.15) is 24.1 Å². The lowest BCUT2D eigenvalue weighted by Gasteiger charge is -2.13. The van der Waals surface area contributed by atoms with Gasteiger partial charge in [0.05, 0.1) is 11.2 Å². The number of hydrogen-bond donors (Lipinski definition) is 2. The van der Waals surface area contributed by atoms with Crippen LogP contribution >= 0.6 is 0 Å². The molecule has 1 saturated carbocycles. The van der Waals surface area contributed by atoms with Gasteiger partial charge in [-0.1, -0.05) is 6.07 Å². The van der Waals surface area contributed by atoms with Crippen LogP contribution < -0.4 is 11.1 Å². The van der Waals surface area contributed by atoms with Gasteiger partial charge in [0.1, 0.15) is 0 Å². The quantitative estimate of drug-likeness (QED) is 0.716. The zero-order valence-corrected chi connectivity index (χ0v) is 7.88. The normalized spacial score (nSPS) is 18.6. The first-order chi connectivity index (χ1) is 6.30. The van der Waals surface area contributed by atoms with Gasteiger partial charge in [0.2, 0.25) is 0 Å². The van der Waals surface area contributed by atoms with E-state index in [9.17, 15) is 0 Å². The van der Waals surface area contributed by atoms with E-state index in [-0.39, 0.29) is 5.54 Å². The first kappa shape index (κ1) is 8.66. The van der Waals surface area contributed by atoms with Crippen molar-refractivity contribution >= 4 is 0 Å². The minimum atomic E-state index is 0.174. The van der Waals surface area contributed by atoms with E-state index in [1.165, 1.54) is 12.8 Å². The molecule has 70 valence electrons. The van der Waals surface area contributed by atoms with E-state index in [2.05, 4.69) is 22.4 Å². The predicted molar refractivity (Wildman–Crippen MR) is 52.1 cm³/mol. The van der Waals surface area contributed by atoms with Crippen molar-refractivity contribution in [1.82, 2.24) is 10.3 Å². The van der Waals surface area contributed by atoms with Crippen molar-refractivity contribution in [2.24, 2.45) is 5.73 Å². The summed E-state index contributed by atoms with van der Waals surface area (Å²) in [6.07, 6.45) is 4.25. The summed E-state index contributed by atoms with van der Waals surface area (Å²) < 4.78 is 0. The van der Waals surface area contributed by atoms with Crippen molar-refractivity contribution in [3.05, 3.63) is 29.6 Å². The topological polar surface area (TPSA) is 50.9 Å². The summed E-state index contributed by atoms with van der Waals surface area (Å²) in [5, 5.41) is 3.31. The Kier molecular flexibility index (Phi) is 2.06. The number of rotatable bonds is 3. The van der Waals surface area contributed by atoms with Crippen LogP contribution in [0.25, 0.3) is 0 Å². The van der Waals surface area contributed by atoms with E-state index < -0.39 is 0 Å². The van der Waals surface area contributed by atoms with Crippen molar-refractivity contribution in [3.8, 4) is 0 Å². The van der Waals surface area contributed by atoms with Gasteiger partial charge in [0.25, 0.3) is 0 Å². The van der Waals surface area contributed by atoms with Crippen molar-refractivity contribution in [1.29, 1.82) is 0 Å². The fourth-order valence-electron chi connectivity index (χ4n) is 1.59. The second-order valence-corrected chi connectivity index (χ2v) is 3.59. The van der Waals surface area contributed by atoms with Crippen LogP contribution in [-0.2, 0) is 12.1 Å². The average Bonchev–Trinajstić information content (AvgIpc) is 2.99. The second kappa shape index (κ2) is 3.09. The Hall–Kier alpha value is -0.930. The lowest BCUT2D eigenvalue weighted by molar-refractivity contribution is 0.567. The van der Waals surface area contributed by atoms with Crippen LogP contribution in [-0.4, -0.2) is 12.0 Å². The molecule has 3 nitrogen and oxygen atoms in total. The molecule has 1 aromatic heterocycles. The van der Waals surface area contributed by atoms with Gasteiger partial charge in [-0.3, -0.25) is 4.98 Å². The van der Waals surface area contributed by atoms with Gasteiger partial charge in [-0.2, -0.15) is 0 Å². The second-order valence-electron chi connectivity index (χ2n) is 3.59. The molecule has 0 spiro atoms. The molecule has 1 aromatic rings. The van der Waals surface area contributed by atoms with Crippen LogP contribution in [0.15, 0.2) is 18.3 Å². The summed E-state index contributed by atoms with van der Waals surface area (Å²) in [5.74, 6) is 0. The van der Waals surface area contributed by atoms with Crippen molar-refractivity contribution in [2.45, 2.75) is 24.9 Å². The molecule has 13 heavy (non-hydrogen) atoms. The predicted octanol–water partition coefficient (Wildman–Crippen LogP) is 0.749. The molecule has 1 heterocycles. The smallest absolute Gasteiger partial charge is 0.0607 e. The molecule has 0 atom stereocenters. The maximum atomic E-state index is 5.50.